The first-order valence-electron chi connectivity index (χ1n) is 24.8. The number of rotatable bonds is 11. The van der Waals surface area contributed by atoms with E-state index in [4.69, 9.17) is 9.41 Å². The van der Waals surface area contributed by atoms with Gasteiger partial charge in [-0.05, 0) is 117 Å². The van der Waals surface area contributed by atoms with Crippen LogP contribution in [0.25, 0.3) is 55.0 Å². The lowest BCUT2D eigenvalue weighted by Gasteiger charge is -2.21. The van der Waals surface area contributed by atoms with Gasteiger partial charge in [0.15, 0.2) is 0 Å². The molecule has 19 nitrogen and oxygen atoms in total. The van der Waals surface area contributed by atoms with Crippen molar-refractivity contribution in [2.75, 3.05) is 26.6 Å². The van der Waals surface area contributed by atoms with Gasteiger partial charge < -0.3 is 46.3 Å². The van der Waals surface area contributed by atoms with Crippen LogP contribution in [0.5, 0.6) is 11.5 Å². The fraction of sp³-hybridized carbons (Fsp3) is 0.100. The SMILES string of the molecule is Cc1cc(C)c(NC(=O)Nc2cc(C(=O)O)c(O)c3ccccc23)c(C)c1/N=c1/cc2oc3cc(Nc4c(C)cc(C)c(NC(=O)Nc5ccc(O)c6ccccc56)c4C)ccc3c(-c3ccccc3S(=O)(=O)O)c-2cc1S(=O)(=O)O. The molecular weight excluding hydrogens is 1080 g/mol. The monoisotopic (exact) mass is 1130 g/mol. The van der Waals surface area contributed by atoms with Gasteiger partial charge in [0.05, 0.1) is 33.8 Å². The molecule has 21 heteroatoms. The van der Waals surface area contributed by atoms with E-state index >= 15 is 0 Å². The van der Waals surface area contributed by atoms with E-state index < -0.39 is 59.4 Å². The zero-order valence-corrected chi connectivity index (χ0v) is 45.6. The van der Waals surface area contributed by atoms with Gasteiger partial charge in [-0.2, -0.15) is 16.8 Å². The molecular formula is C60H50N6O13S2. The Kier molecular flexibility index (Phi) is 14.0. The van der Waals surface area contributed by atoms with Crippen LogP contribution >= 0.6 is 0 Å². The van der Waals surface area contributed by atoms with Crippen LogP contribution in [0.1, 0.15) is 43.7 Å². The Hall–Kier alpha value is -9.80. The molecule has 1 heterocycles. The van der Waals surface area contributed by atoms with Crippen molar-refractivity contribution in [1.82, 2.24) is 0 Å². The Morgan fingerprint density at radius 1 is 0.519 bits per heavy atom. The maximum Gasteiger partial charge on any atom is 0.339 e. The number of phenolic OH excluding ortho intramolecular Hbond substituents is 1. The van der Waals surface area contributed by atoms with Gasteiger partial charge in [0, 0.05) is 67.1 Å². The summed E-state index contributed by atoms with van der Waals surface area (Å²) in [5, 5.41) is 47.4. The maximum atomic E-state index is 13.8. The molecule has 0 saturated carbocycles. The second-order valence-corrected chi connectivity index (χ2v) is 22.2. The molecule has 410 valence electrons. The first kappa shape index (κ1) is 54.6. The van der Waals surface area contributed by atoms with Crippen molar-refractivity contribution in [2.45, 2.75) is 51.3 Å². The van der Waals surface area contributed by atoms with Crippen molar-refractivity contribution in [1.29, 1.82) is 0 Å². The van der Waals surface area contributed by atoms with Crippen LogP contribution in [0.4, 0.5) is 49.4 Å². The Bertz CT molecular complexity index is 4630. The van der Waals surface area contributed by atoms with Gasteiger partial charge in [0.25, 0.3) is 20.2 Å². The maximum absolute atomic E-state index is 13.8. The van der Waals surface area contributed by atoms with Crippen molar-refractivity contribution < 1.29 is 60.1 Å². The number of carboxylic acid groups (broad SMARTS) is 1. The number of anilines is 6. The van der Waals surface area contributed by atoms with Crippen LogP contribution in [0.3, 0.4) is 0 Å². The standard InChI is InChI=1S/C60H50N6O13S2/c1-29-23-31(3)55(65-59(71)63-44-21-22-47(67)38-15-9-7-13-36(38)44)33(5)53(29)61-35-19-20-40-48(25-35)79-49-28-46(51(81(76,77)78)27-42(49)52(40)41-17-11-12-18-50(41)80(73,74)75)62-54-30(2)24-32(4)56(34(54)6)66-60(72)64-45-26-43(58(69)70)57(68)39-16-10-8-14-37(39)45/h7-28,61,67-68H,1-6H3,(H,69,70)(H2,63,65,71)(H2,64,66,72)(H,73,74,75)(H,76,77,78)/b62-46-. The molecule has 8 aromatic rings. The number of amides is 4. The molecule has 10 rings (SSSR count). The summed E-state index contributed by atoms with van der Waals surface area (Å²) in [6.07, 6.45) is 0. The number of nitrogens with zero attached hydrogens (tertiary/aromatic N) is 1. The molecule has 0 bridgehead atoms. The molecule has 81 heavy (non-hydrogen) atoms. The van der Waals surface area contributed by atoms with Crippen molar-refractivity contribution in [2.24, 2.45) is 4.99 Å². The van der Waals surface area contributed by atoms with Crippen LogP contribution < -0.4 is 31.9 Å². The van der Waals surface area contributed by atoms with E-state index in [-0.39, 0.29) is 67.0 Å². The minimum Gasteiger partial charge on any atom is -0.507 e. The summed E-state index contributed by atoms with van der Waals surface area (Å²) in [7, 11) is -10.1. The minimum absolute atomic E-state index is 0.00888. The number of aromatic carboxylic acids is 1. The summed E-state index contributed by atoms with van der Waals surface area (Å²) in [6, 6.07) is 32.9. The Morgan fingerprint density at radius 3 is 1.74 bits per heavy atom. The highest BCUT2D eigenvalue weighted by molar-refractivity contribution is 7.86. The molecule has 1 aliphatic heterocycles. The number of hydrogen-bond donors (Lipinski definition) is 10. The Labute approximate surface area is 463 Å². The van der Waals surface area contributed by atoms with E-state index in [0.29, 0.717) is 61.2 Å². The van der Waals surface area contributed by atoms with Crippen molar-refractivity contribution in [3.8, 4) is 33.9 Å². The van der Waals surface area contributed by atoms with E-state index in [2.05, 4.69) is 26.6 Å². The number of nitrogens with one attached hydrogen (secondary N) is 5. The summed E-state index contributed by atoms with van der Waals surface area (Å²) in [5.74, 6) is -1.86. The van der Waals surface area contributed by atoms with Gasteiger partial charge in [-0.3, -0.25) is 9.11 Å². The molecule has 1 aliphatic carbocycles. The number of carboxylic acids is 1. The number of phenols is 2. The van der Waals surface area contributed by atoms with Gasteiger partial charge >= 0.3 is 18.0 Å². The predicted molar refractivity (Wildman–Crippen MR) is 311 cm³/mol. The van der Waals surface area contributed by atoms with Crippen molar-refractivity contribution >= 4 is 111 Å². The number of aryl methyl sites for hydroxylation is 4. The number of carbonyl (C=O) groups is 3. The fourth-order valence-corrected chi connectivity index (χ4v) is 11.7. The summed E-state index contributed by atoms with van der Waals surface area (Å²) in [6.45, 7) is 10.6. The van der Waals surface area contributed by atoms with Crippen molar-refractivity contribution in [3.63, 3.8) is 0 Å². The fourth-order valence-electron chi connectivity index (χ4n) is 10.4. The van der Waals surface area contributed by atoms with E-state index in [0.717, 1.165) is 23.3 Å². The number of urea groups is 2. The predicted octanol–water partition coefficient (Wildman–Crippen LogP) is 13.2. The molecule has 0 radical (unpaired) electrons. The third-order valence-electron chi connectivity index (χ3n) is 14.0. The van der Waals surface area contributed by atoms with E-state index in [1.54, 1.807) is 93.6 Å². The number of benzene rings is 9. The second kappa shape index (κ2) is 20.8. The zero-order valence-electron chi connectivity index (χ0n) is 44.0. The molecule has 0 unspecified atom stereocenters. The molecule has 0 spiro atoms. The first-order chi connectivity index (χ1) is 38.4. The van der Waals surface area contributed by atoms with Gasteiger partial charge in [-0.25, -0.2) is 19.4 Å². The molecule has 4 amide bonds. The highest BCUT2D eigenvalue weighted by Crippen LogP contribution is 2.45. The van der Waals surface area contributed by atoms with E-state index in [1.807, 2.05) is 26.8 Å². The molecule has 0 fully saturated rings. The van der Waals surface area contributed by atoms with Crippen LogP contribution in [0, 0.1) is 41.5 Å². The van der Waals surface area contributed by atoms with Gasteiger partial charge in [0.1, 0.15) is 38.2 Å². The van der Waals surface area contributed by atoms with E-state index in [9.17, 15) is 55.6 Å². The smallest absolute Gasteiger partial charge is 0.339 e. The lowest BCUT2D eigenvalue weighted by molar-refractivity contribution is 0.0693. The average molecular weight is 1130 g/mol. The molecule has 8 aromatic carbocycles. The Morgan fingerprint density at radius 2 is 1.09 bits per heavy atom. The number of carbonyl (C=O) groups excluding carboxylic acids is 2. The van der Waals surface area contributed by atoms with E-state index in [1.165, 1.54) is 42.5 Å². The lowest BCUT2D eigenvalue weighted by Crippen LogP contribution is -2.21. The summed E-state index contributed by atoms with van der Waals surface area (Å²) in [4.78, 5) is 43.0. The summed E-state index contributed by atoms with van der Waals surface area (Å²) < 4.78 is 81.1. The first-order valence-corrected chi connectivity index (χ1v) is 27.7. The quantitative estimate of drug-likeness (QED) is 0.0327. The number of hydrogen-bond acceptors (Lipinski definition) is 12. The highest BCUT2D eigenvalue weighted by atomic mass is 32.2. The normalized spacial score (nSPS) is 12.0. The lowest BCUT2D eigenvalue weighted by atomic mass is 9.93. The largest absolute Gasteiger partial charge is 0.507 e. The Balaban J connectivity index is 1.08. The van der Waals surface area contributed by atoms with Crippen LogP contribution in [0.15, 0.2) is 153 Å². The number of fused-ring (bicyclic) bond motifs is 4. The van der Waals surface area contributed by atoms with Crippen LogP contribution in [-0.2, 0) is 20.2 Å². The van der Waals surface area contributed by atoms with Gasteiger partial charge in [-0.15, -0.1) is 0 Å². The van der Waals surface area contributed by atoms with Gasteiger partial charge in [0.2, 0.25) is 0 Å². The number of aromatic hydroxyl groups is 2. The second-order valence-electron chi connectivity index (χ2n) is 19.4. The minimum atomic E-state index is -5.15. The van der Waals surface area contributed by atoms with Crippen LogP contribution in [0.2, 0.25) is 0 Å². The topological polar surface area (TPSA) is 306 Å². The third kappa shape index (κ3) is 10.4. The molecule has 0 saturated heterocycles. The molecule has 0 aromatic heterocycles. The highest BCUT2D eigenvalue weighted by Gasteiger charge is 2.28. The molecule has 2 aliphatic rings. The van der Waals surface area contributed by atoms with Crippen molar-refractivity contribution in [3.05, 3.63) is 178 Å². The average Bonchev–Trinajstić information content (AvgIpc) is 3.59. The summed E-state index contributed by atoms with van der Waals surface area (Å²) >= 11 is 0. The zero-order chi connectivity index (χ0) is 58.0. The third-order valence-corrected chi connectivity index (χ3v) is 15.8. The van der Waals surface area contributed by atoms with Gasteiger partial charge in [-0.1, -0.05) is 78.9 Å². The van der Waals surface area contributed by atoms with Crippen LogP contribution in [-0.4, -0.2) is 59.3 Å². The molecule has 10 N–H and O–H groups in total. The molecule has 0 atom stereocenters. The summed E-state index contributed by atoms with van der Waals surface area (Å²) in [5.41, 5.74) is 6.08.